The Morgan fingerprint density at radius 2 is 1.42 bits per heavy atom. The lowest BCUT2D eigenvalue weighted by atomic mass is 10.1. The summed E-state index contributed by atoms with van der Waals surface area (Å²) in [4.78, 5) is 2.19. The van der Waals surface area contributed by atoms with E-state index in [0.717, 1.165) is 27.2 Å². The number of hydrogen-bond acceptors (Lipinski definition) is 4. The van der Waals surface area contributed by atoms with Gasteiger partial charge in [0, 0.05) is 9.79 Å². The van der Waals surface area contributed by atoms with Gasteiger partial charge in [-0.15, -0.1) is 0 Å². The van der Waals surface area contributed by atoms with Gasteiger partial charge in [0.15, 0.2) is 0 Å². The minimum absolute atomic E-state index is 0.410. The van der Waals surface area contributed by atoms with Crippen molar-refractivity contribution >= 4 is 21.9 Å². The first-order chi connectivity index (χ1) is 12.3. The maximum Gasteiger partial charge on any atom is 0.306 e. The fraction of sp³-hybridized carbons (Fsp3) is 0.143. The van der Waals surface area contributed by atoms with Crippen molar-refractivity contribution in [2.24, 2.45) is 0 Å². The molecular weight excluding hydrogens is 364 g/mol. The van der Waals surface area contributed by atoms with Gasteiger partial charge in [-0.05, 0) is 54.3 Å². The average Bonchev–Trinajstić information content (AvgIpc) is 2.59. The molecule has 0 atom stereocenters. The highest BCUT2D eigenvalue weighted by Crippen LogP contribution is 2.38. The zero-order chi connectivity index (χ0) is 18.7. The molecule has 0 saturated heterocycles. The van der Waals surface area contributed by atoms with E-state index in [9.17, 15) is 8.42 Å². The molecule has 3 aromatic carbocycles. The molecule has 134 valence electrons. The zero-order valence-corrected chi connectivity index (χ0v) is 16.5. The largest absolute Gasteiger partial charge is 0.382 e. The topological polar surface area (TPSA) is 43.4 Å². The molecule has 0 aliphatic carbocycles. The smallest absolute Gasteiger partial charge is 0.306 e. The van der Waals surface area contributed by atoms with Gasteiger partial charge >= 0.3 is 10.1 Å². The van der Waals surface area contributed by atoms with Gasteiger partial charge in [0.05, 0.1) is 6.26 Å². The van der Waals surface area contributed by atoms with Gasteiger partial charge in [-0.3, -0.25) is 0 Å². The highest BCUT2D eigenvalue weighted by atomic mass is 32.2. The van der Waals surface area contributed by atoms with Gasteiger partial charge in [0.25, 0.3) is 0 Å². The molecule has 0 fully saturated rings. The molecule has 0 radical (unpaired) electrons. The molecule has 0 aliphatic rings. The van der Waals surface area contributed by atoms with Crippen LogP contribution in [0.1, 0.15) is 11.1 Å². The Bertz CT molecular complexity index is 1000. The SMILES string of the molecule is Cc1cc(Sc2ccccc2-c2ccccc2)cc(C)c1OS(C)(=O)=O. The Kier molecular flexibility index (Phi) is 5.39. The lowest BCUT2D eigenvalue weighted by Crippen LogP contribution is -2.08. The Morgan fingerprint density at radius 1 is 0.846 bits per heavy atom. The second kappa shape index (κ2) is 7.56. The summed E-state index contributed by atoms with van der Waals surface area (Å²) in [6, 6.07) is 22.4. The lowest BCUT2D eigenvalue weighted by molar-refractivity contribution is 0.488. The Labute approximate surface area is 159 Å². The van der Waals surface area contributed by atoms with Crippen LogP contribution in [0.2, 0.25) is 0 Å². The van der Waals surface area contributed by atoms with Crippen LogP contribution in [0.3, 0.4) is 0 Å². The zero-order valence-electron chi connectivity index (χ0n) is 14.9. The Balaban J connectivity index is 1.96. The summed E-state index contributed by atoms with van der Waals surface area (Å²) in [7, 11) is -3.54. The number of benzene rings is 3. The van der Waals surface area contributed by atoms with Crippen molar-refractivity contribution in [3.05, 3.63) is 77.9 Å². The number of hydrogen-bond donors (Lipinski definition) is 0. The molecule has 0 saturated carbocycles. The summed E-state index contributed by atoms with van der Waals surface area (Å²) >= 11 is 1.66. The second-order valence-electron chi connectivity index (χ2n) is 6.14. The minimum Gasteiger partial charge on any atom is -0.382 e. The molecule has 0 unspecified atom stereocenters. The van der Waals surface area contributed by atoms with E-state index in [-0.39, 0.29) is 0 Å². The van der Waals surface area contributed by atoms with Crippen LogP contribution in [0, 0.1) is 13.8 Å². The van der Waals surface area contributed by atoms with E-state index in [2.05, 4.69) is 24.3 Å². The molecule has 26 heavy (non-hydrogen) atoms. The fourth-order valence-electron chi connectivity index (χ4n) is 2.79. The van der Waals surface area contributed by atoms with Gasteiger partial charge in [0.1, 0.15) is 5.75 Å². The molecule has 0 N–H and O–H groups in total. The summed E-state index contributed by atoms with van der Waals surface area (Å²) in [5, 5.41) is 0. The van der Waals surface area contributed by atoms with Crippen molar-refractivity contribution in [2.75, 3.05) is 6.26 Å². The van der Waals surface area contributed by atoms with Gasteiger partial charge in [-0.2, -0.15) is 8.42 Å². The predicted octanol–water partition coefficient (Wildman–Crippen LogP) is 5.46. The molecule has 0 amide bonds. The van der Waals surface area contributed by atoms with Crippen molar-refractivity contribution in [1.82, 2.24) is 0 Å². The normalized spacial score (nSPS) is 11.3. The van der Waals surface area contributed by atoms with Crippen molar-refractivity contribution in [2.45, 2.75) is 23.6 Å². The lowest BCUT2D eigenvalue weighted by Gasteiger charge is -2.14. The van der Waals surface area contributed by atoms with Crippen LogP contribution in [0.15, 0.2) is 76.5 Å². The van der Waals surface area contributed by atoms with E-state index in [1.54, 1.807) is 11.8 Å². The van der Waals surface area contributed by atoms with Crippen LogP contribution in [-0.2, 0) is 10.1 Å². The van der Waals surface area contributed by atoms with Crippen LogP contribution in [-0.4, -0.2) is 14.7 Å². The van der Waals surface area contributed by atoms with Crippen molar-refractivity contribution in [3.8, 4) is 16.9 Å². The predicted molar refractivity (Wildman–Crippen MR) is 107 cm³/mol. The van der Waals surface area contributed by atoms with Crippen LogP contribution < -0.4 is 4.18 Å². The molecular formula is C21H20O3S2. The van der Waals surface area contributed by atoms with Crippen molar-refractivity contribution in [1.29, 1.82) is 0 Å². The monoisotopic (exact) mass is 384 g/mol. The quantitative estimate of drug-likeness (QED) is 0.548. The van der Waals surface area contributed by atoms with Crippen molar-refractivity contribution in [3.63, 3.8) is 0 Å². The summed E-state index contributed by atoms with van der Waals surface area (Å²) in [5.74, 6) is 0.410. The van der Waals surface area contributed by atoms with Crippen LogP contribution in [0.5, 0.6) is 5.75 Å². The first kappa shape index (κ1) is 18.5. The summed E-state index contributed by atoms with van der Waals surface area (Å²) < 4.78 is 28.0. The fourth-order valence-corrected chi connectivity index (χ4v) is 4.52. The number of aryl methyl sites for hydroxylation is 2. The molecule has 0 aliphatic heterocycles. The molecule has 0 heterocycles. The maximum atomic E-state index is 11.5. The standard InChI is InChI=1S/C21H20O3S2/c1-15-13-18(14-16(2)21(15)24-26(3,22)23)25-20-12-8-7-11-19(20)17-9-5-4-6-10-17/h4-14H,1-3H3. The highest BCUT2D eigenvalue weighted by molar-refractivity contribution is 7.99. The third kappa shape index (κ3) is 4.48. The van der Waals surface area contributed by atoms with E-state index >= 15 is 0 Å². The molecule has 0 bridgehead atoms. The first-order valence-electron chi connectivity index (χ1n) is 8.16. The highest BCUT2D eigenvalue weighted by Gasteiger charge is 2.13. The van der Waals surface area contributed by atoms with Crippen LogP contribution in [0.25, 0.3) is 11.1 Å². The molecule has 3 rings (SSSR count). The minimum atomic E-state index is -3.54. The maximum absolute atomic E-state index is 11.5. The van der Waals surface area contributed by atoms with Crippen LogP contribution >= 0.6 is 11.8 Å². The molecule has 3 nitrogen and oxygen atoms in total. The number of rotatable bonds is 5. The van der Waals surface area contributed by atoms with E-state index in [0.29, 0.717) is 5.75 Å². The summed E-state index contributed by atoms with van der Waals surface area (Å²) in [6.07, 6.45) is 1.06. The third-order valence-electron chi connectivity index (χ3n) is 3.87. The van der Waals surface area contributed by atoms with Crippen LogP contribution in [0.4, 0.5) is 0 Å². The van der Waals surface area contributed by atoms with E-state index in [4.69, 9.17) is 4.18 Å². The van der Waals surface area contributed by atoms with E-state index < -0.39 is 10.1 Å². The molecule has 0 spiro atoms. The third-order valence-corrected chi connectivity index (χ3v) is 5.38. The van der Waals surface area contributed by atoms with Gasteiger partial charge in [-0.25, -0.2) is 0 Å². The first-order valence-corrected chi connectivity index (χ1v) is 10.8. The summed E-state index contributed by atoms with van der Waals surface area (Å²) in [5.41, 5.74) is 3.94. The molecule has 5 heteroatoms. The van der Waals surface area contributed by atoms with Gasteiger partial charge in [-0.1, -0.05) is 60.3 Å². The summed E-state index contributed by atoms with van der Waals surface area (Å²) in [6.45, 7) is 3.72. The molecule has 3 aromatic rings. The van der Waals surface area contributed by atoms with Crippen molar-refractivity contribution < 1.29 is 12.6 Å². The van der Waals surface area contributed by atoms with Gasteiger partial charge in [0.2, 0.25) is 0 Å². The second-order valence-corrected chi connectivity index (χ2v) is 8.83. The Hall–Kier alpha value is -2.24. The average molecular weight is 385 g/mol. The molecule has 0 aromatic heterocycles. The van der Waals surface area contributed by atoms with Gasteiger partial charge < -0.3 is 4.18 Å². The Morgan fingerprint density at radius 3 is 2.04 bits per heavy atom. The van der Waals surface area contributed by atoms with E-state index in [1.165, 1.54) is 11.1 Å². The van der Waals surface area contributed by atoms with E-state index in [1.807, 2.05) is 56.3 Å².